The molecule has 3 aromatic rings. The number of carbonyl (C=O) groups excluding carboxylic acids is 2. The average Bonchev–Trinajstić information content (AvgIpc) is 2.88. The number of aromatic nitrogens is 1. The third-order valence-electron chi connectivity index (χ3n) is 5.44. The highest BCUT2D eigenvalue weighted by molar-refractivity contribution is 6.33. The molecule has 0 bridgehead atoms. The first kappa shape index (κ1) is 22.5. The van der Waals surface area contributed by atoms with E-state index < -0.39 is 0 Å². The molecule has 4 rings (SSSR count). The van der Waals surface area contributed by atoms with Gasteiger partial charge in [-0.2, -0.15) is 5.10 Å². The van der Waals surface area contributed by atoms with Crippen LogP contribution in [0.2, 0.25) is 5.02 Å². The lowest BCUT2D eigenvalue weighted by Crippen LogP contribution is -2.51. The molecule has 0 saturated carbocycles. The highest BCUT2D eigenvalue weighted by atomic mass is 35.5. The number of anilines is 1. The number of rotatable bonds is 6. The van der Waals surface area contributed by atoms with Gasteiger partial charge in [0.2, 0.25) is 5.91 Å². The molecule has 0 aliphatic carbocycles. The first-order valence-electron chi connectivity index (χ1n) is 10.7. The topological polar surface area (TPSA) is 69.1 Å². The van der Waals surface area contributed by atoms with Crippen molar-refractivity contribution < 1.29 is 9.59 Å². The van der Waals surface area contributed by atoms with E-state index in [-0.39, 0.29) is 18.4 Å². The van der Waals surface area contributed by atoms with Crippen molar-refractivity contribution in [3.8, 4) is 0 Å². The minimum Gasteiger partial charge on any atom is -0.368 e. The maximum Gasteiger partial charge on any atom is 0.274 e. The number of halogens is 1. The van der Waals surface area contributed by atoms with Crippen molar-refractivity contribution >= 4 is 35.3 Å². The lowest BCUT2D eigenvalue weighted by atomic mass is 10.2. The van der Waals surface area contributed by atoms with Gasteiger partial charge in [-0.25, -0.2) is 5.01 Å². The van der Waals surface area contributed by atoms with Gasteiger partial charge in [0.05, 0.1) is 6.21 Å². The van der Waals surface area contributed by atoms with Crippen molar-refractivity contribution in [2.24, 2.45) is 5.10 Å². The summed E-state index contributed by atoms with van der Waals surface area (Å²) in [7, 11) is 0. The van der Waals surface area contributed by atoms with Gasteiger partial charge in [-0.1, -0.05) is 48.0 Å². The maximum absolute atomic E-state index is 13.1. The van der Waals surface area contributed by atoms with Gasteiger partial charge in [-0.15, -0.1) is 0 Å². The van der Waals surface area contributed by atoms with Gasteiger partial charge in [-0.3, -0.25) is 14.6 Å². The van der Waals surface area contributed by atoms with E-state index in [1.165, 1.54) is 23.6 Å². The maximum atomic E-state index is 13.1. The van der Waals surface area contributed by atoms with Gasteiger partial charge in [-0.05, 0) is 30.3 Å². The highest BCUT2D eigenvalue weighted by Gasteiger charge is 2.25. The molecule has 1 fully saturated rings. The third-order valence-corrected chi connectivity index (χ3v) is 5.79. The van der Waals surface area contributed by atoms with Crippen LogP contribution in [0.5, 0.6) is 0 Å². The second kappa shape index (κ2) is 10.7. The fourth-order valence-electron chi connectivity index (χ4n) is 3.60. The number of benzene rings is 2. The number of hydrazone groups is 1. The fraction of sp³-hybridized carbons (Fsp3) is 0.200. The van der Waals surface area contributed by atoms with Crippen molar-refractivity contribution in [1.82, 2.24) is 14.9 Å². The Morgan fingerprint density at radius 3 is 2.30 bits per heavy atom. The lowest BCUT2D eigenvalue weighted by molar-refractivity contribution is -0.132. The van der Waals surface area contributed by atoms with E-state index in [4.69, 9.17) is 11.6 Å². The lowest BCUT2D eigenvalue weighted by Gasteiger charge is -2.36. The molecule has 33 heavy (non-hydrogen) atoms. The Balaban J connectivity index is 1.46. The normalized spacial score (nSPS) is 13.8. The summed E-state index contributed by atoms with van der Waals surface area (Å²) in [4.78, 5) is 34.1. The monoisotopic (exact) mass is 461 g/mol. The molecule has 0 radical (unpaired) electrons. The Bertz CT molecular complexity index is 1120. The molecule has 0 N–H and O–H groups in total. The molecule has 1 aliphatic heterocycles. The SMILES string of the molecule is O=C(CN(/N=C/c1ccccc1Cl)C(=O)c1ccncc1)N1CCN(c2ccccc2)CC1. The zero-order valence-electron chi connectivity index (χ0n) is 18.0. The number of nitrogens with zero attached hydrogens (tertiary/aromatic N) is 5. The molecular weight excluding hydrogens is 438 g/mol. The summed E-state index contributed by atoms with van der Waals surface area (Å²) in [5, 5.41) is 6.02. The van der Waals surface area contributed by atoms with Crippen LogP contribution in [-0.2, 0) is 4.79 Å². The van der Waals surface area contributed by atoms with E-state index in [1.807, 2.05) is 30.3 Å². The van der Waals surface area contributed by atoms with Gasteiger partial charge < -0.3 is 9.80 Å². The van der Waals surface area contributed by atoms with Crippen LogP contribution in [0.15, 0.2) is 84.2 Å². The second-order valence-electron chi connectivity index (χ2n) is 7.57. The van der Waals surface area contributed by atoms with Gasteiger partial charge in [0.25, 0.3) is 5.91 Å². The van der Waals surface area contributed by atoms with Gasteiger partial charge in [0.15, 0.2) is 0 Å². The van der Waals surface area contributed by atoms with Gasteiger partial charge in [0.1, 0.15) is 6.54 Å². The Hall–Kier alpha value is -3.71. The van der Waals surface area contributed by atoms with Crippen LogP contribution in [0.1, 0.15) is 15.9 Å². The zero-order valence-corrected chi connectivity index (χ0v) is 18.8. The summed E-state index contributed by atoms with van der Waals surface area (Å²) in [5.41, 5.74) is 2.21. The summed E-state index contributed by atoms with van der Waals surface area (Å²) in [5.74, 6) is -0.529. The minimum absolute atomic E-state index is 0.151. The molecule has 2 heterocycles. The van der Waals surface area contributed by atoms with Crippen molar-refractivity contribution in [3.63, 3.8) is 0 Å². The van der Waals surface area contributed by atoms with Crippen molar-refractivity contribution in [2.45, 2.75) is 0 Å². The molecule has 8 heteroatoms. The molecular formula is C25H24ClN5O2. The quantitative estimate of drug-likeness (QED) is 0.416. The van der Waals surface area contributed by atoms with Gasteiger partial charge >= 0.3 is 0 Å². The molecule has 2 aromatic carbocycles. The van der Waals surface area contributed by atoms with E-state index in [9.17, 15) is 9.59 Å². The third kappa shape index (κ3) is 5.75. The van der Waals surface area contributed by atoms with E-state index in [2.05, 4.69) is 27.1 Å². The standard InChI is InChI=1S/C25H24ClN5O2/c26-23-9-5-4-6-21(23)18-28-31(25(33)20-10-12-27-13-11-20)19-24(32)30-16-14-29(15-17-30)22-7-2-1-3-8-22/h1-13,18H,14-17,19H2/b28-18+. The predicted molar refractivity (Wildman–Crippen MR) is 130 cm³/mol. The van der Waals surface area contributed by atoms with Crippen LogP contribution in [0.4, 0.5) is 5.69 Å². The largest absolute Gasteiger partial charge is 0.368 e. The van der Waals surface area contributed by atoms with Crippen molar-refractivity contribution in [1.29, 1.82) is 0 Å². The number of carbonyl (C=O) groups is 2. The summed E-state index contributed by atoms with van der Waals surface area (Å²) in [6.45, 7) is 2.47. The highest BCUT2D eigenvalue weighted by Crippen LogP contribution is 2.16. The summed E-state index contributed by atoms with van der Waals surface area (Å²) >= 11 is 6.21. The molecule has 0 atom stereocenters. The molecule has 1 aliphatic rings. The van der Waals surface area contributed by atoms with E-state index in [0.717, 1.165) is 18.8 Å². The Kier molecular flexibility index (Phi) is 7.32. The number of hydrogen-bond donors (Lipinski definition) is 0. The molecule has 7 nitrogen and oxygen atoms in total. The average molecular weight is 462 g/mol. The molecule has 0 unspecified atom stereocenters. The Morgan fingerprint density at radius 2 is 1.61 bits per heavy atom. The van der Waals surface area contributed by atoms with E-state index >= 15 is 0 Å². The summed E-state index contributed by atoms with van der Waals surface area (Å²) < 4.78 is 0. The Labute approximate surface area is 197 Å². The zero-order chi connectivity index (χ0) is 23.0. The molecule has 2 amide bonds. The van der Waals surface area contributed by atoms with Crippen LogP contribution in [-0.4, -0.2) is 65.6 Å². The fourth-order valence-corrected chi connectivity index (χ4v) is 3.79. The predicted octanol–water partition coefficient (Wildman–Crippen LogP) is 3.56. The van der Waals surface area contributed by atoms with Crippen molar-refractivity contribution in [2.75, 3.05) is 37.6 Å². The van der Waals surface area contributed by atoms with Crippen LogP contribution in [0.25, 0.3) is 0 Å². The van der Waals surface area contributed by atoms with E-state index in [1.54, 1.807) is 29.2 Å². The van der Waals surface area contributed by atoms with Gasteiger partial charge in [0, 0.05) is 60.4 Å². The molecule has 1 aromatic heterocycles. The minimum atomic E-state index is -0.378. The second-order valence-corrected chi connectivity index (χ2v) is 7.98. The summed E-state index contributed by atoms with van der Waals surface area (Å²) in [6.07, 6.45) is 4.57. The molecule has 1 saturated heterocycles. The van der Waals surface area contributed by atoms with Crippen molar-refractivity contribution in [3.05, 3.63) is 95.3 Å². The van der Waals surface area contributed by atoms with Crippen LogP contribution in [0.3, 0.4) is 0 Å². The van der Waals surface area contributed by atoms with Crippen LogP contribution in [0, 0.1) is 0 Å². The number of hydrogen-bond acceptors (Lipinski definition) is 5. The number of piperazine rings is 1. The molecule has 168 valence electrons. The smallest absolute Gasteiger partial charge is 0.274 e. The Morgan fingerprint density at radius 1 is 0.939 bits per heavy atom. The number of para-hydroxylation sites is 1. The number of pyridine rings is 1. The van der Waals surface area contributed by atoms with Crippen LogP contribution < -0.4 is 4.90 Å². The summed E-state index contributed by atoms with van der Waals surface area (Å²) in [6, 6.07) is 20.5. The van der Waals surface area contributed by atoms with E-state index in [0.29, 0.717) is 29.2 Å². The first-order chi connectivity index (χ1) is 16.1. The number of amides is 2. The first-order valence-corrected chi connectivity index (χ1v) is 11.1. The molecule has 0 spiro atoms. The van der Waals surface area contributed by atoms with Crippen LogP contribution >= 0.6 is 11.6 Å².